The van der Waals surface area contributed by atoms with Gasteiger partial charge in [0.15, 0.2) is 0 Å². The molecule has 1 saturated heterocycles. The summed E-state index contributed by atoms with van der Waals surface area (Å²) in [6.07, 6.45) is 3.39. The molecule has 0 spiro atoms. The summed E-state index contributed by atoms with van der Waals surface area (Å²) >= 11 is 0. The number of likely N-dealkylation sites (N-methyl/N-ethyl adjacent to an activating group) is 1. The third kappa shape index (κ3) is 4.95. The first-order valence-corrected chi connectivity index (χ1v) is 8.92. The maximum Gasteiger partial charge on any atom is 0.325 e. The molecular formula is C19H30N2O3. The first-order chi connectivity index (χ1) is 11.5. The van der Waals surface area contributed by atoms with Gasteiger partial charge in [0.25, 0.3) is 0 Å². The predicted molar refractivity (Wildman–Crippen MR) is 95.5 cm³/mol. The summed E-state index contributed by atoms with van der Waals surface area (Å²) in [5.41, 5.74) is 0.820. The number of carbonyl (C=O) groups is 1. The van der Waals surface area contributed by atoms with Crippen LogP contribution in [0.2, 0.25) is 0 Å². The minimum Gasteiger partial charge on any atom is -0.494 e. The van der Waals surface area contributed by atoms with Gasteiger partial charge in [0.1, 0.15) is 11.8 Å². The van der Waals surface area contributed by atoms with E-state index in [0.717, 1.165) is 37.4 Å². The molecule has 1 N–H and O–H groups in total. The second kappa shape index (κ2) is 9.04. The number of benzene rings is 1. The Labute approximate surface area is 145 Å². The van der Waals surface area contributed by atoms with Crippen molar-refractivity contribution in [1.82, 2.24) is 9.80 Å². The van der Waals surface area contributed by atoms with Crippen LogP contribution in [-0.2, 0) is 4.79 Å². The van der Waals surface area contributed by atoms with Gasteiger partial charge in [-0.2, -0.15) is 0 Å². The normalized spacial score (nSPS) is 20.7. The monoisotopic (exact) mass is 334 g/mol. The van der Waals surface area contributed by atoms with Gasteiger partial charge >= 0.3 is 5.97 Å². The summed E-state index contributed by atoms with van der Waals surface area (Å²) in [6.45, 7) is 7.45. The van der Waals surface area contributed by atoms with Crippen LogP contribution in [0.1, 0.15) is 44.7 Å². The second-order valence-electron chi connectivity index (χ2n) is 6.69. The lowest BCUT2D eigenvalue weighted by Crippen LogP contribution is -2.52. The number of piperazine rings is 1. The number of aliphatic carboxylic acids is 1. The van der Waals surface area contributed by atoms with Gasteiger partial charge in [0.05, 0.1) is 6.61 Å². The van der Waals surface area contributed by atoms with E-state index in [-0.39, 0.29) is 0 Å². The number of carboxylic acid groups (broad SMARTS) is 1. The van der Waals surface area contributed by atoms with Crippen molar-refractivity contribution in [1.29, 1.82) is 0 Å². The summed E-state index contributed by atoms with van der Waals surface area (Å²) in [4.78, 5) is 16.2. The van der Waals surface area contributed by atoms with Gasteiger partial charge in [-0.15, -0.1) is 0 Å². The van der Waals surface area contributed by atoms with E-state index in [9.17, 15) is 9.90 Å². The van der Waals surface area contributed by atoms with Crippen LogP contribution >= 0.6 is 0 Å². The van der Waals surface area contributed by atoms with Crippen molar-refractivity contribution in [2.45, 2.75) is 45.2 Å². The lowest BCUT2D eigenvalue weighted by atomic mass is 10.0. The first kappa shape index (κ1) is 18.7. The molecule has 1 aliphatic rings. The van der Waals surface area contributed by atoms with Gasteiger partial charge in [-0.3, -0.25) is 9.69 Å². The summed E-state index contributed by atoms with van der Waals surface area (Å²) in [7, 11) is 2.09. The van der Waals surface area contributed by atoms with Gasteiger partial charge in [-0.25, -0.2) is 0 Å². The van der Waals surface area contributed by atoms with E-state index in [0.29, 0.717) is 12.6 Å². The summed E-state index contributed by atoms with van der Waals surface area (Å²) in [5.74, 6) is 0.0223. The fraction of sp³-hybridized carbons (Fsp3) is 0.632. The lowest BCUT2D eigenvalue weighted by molar-refractivity contribution is -0.144. The fourth-order valence-corrected chi connectivity index (χ4v) is 3.11. The average Bonchev–Trinajstić information content (AvgIpc) is 2.56. The Bertz CT molecular complexity index is 518. The van der Waals surface area contributed by atoms with Gasteiger partial charge in [-0.1, -0.05) is 31.9 Å². The largest absolute Gasteiger partial charge is 0.494 e. The molecule has 1 heterocycles. The molecule has 2 unspecified atom stereocenters. The number of hydrogen-bond acceptors (Lipinski definition) is 4. The Hall–Kier alpha value is -1.59. The molecule has 0 amide bonds. The van der Waals surface area contributed by atoms with E-state index in [4.69, 9.17) is 4.74 Å². The number of nitrogens with zero attached hydrogens (tertiary/aromatic N) is 2. The van der Waals surface area contributed by atoms with Crippen LogP contribution in [-0.4, -0.2) is 60.2 Å². The predicted octanol–water partition coefficient (Wildman–Crippen LogP) is 3.02. The average molecular weight is 334 g/mol. The second-order valence-corrected chi connectivity index (χ2v) is 6.69. The smallest absolute Gasteiger partial charge is 0.325 e. The highest BCUT2D eigenvalue weighted by Crippen LogP contribution is 2.26. The third-order valence-electron chi connectivity index (χ3n) is 4.80. The molecule has 1 aliphatic heterocycles. The zero-order chi connectivity index (χ0) is 17.5. The van der Waals surface area contributed by atoms with Gasteiger partial charge in [-0.05, 0) is 38.1 Å². The molecule has 2 atom stereocenters. The van der Waals surface area contributed by atoms with E-state index in [1.165, 1.54) is 12.8 Å². The Morgan fingerprint density at radius 3 is 2.58 bits per heavy atom. The molecule has 134 valence electrons. The zero-order valence-electron chi connectivity index (χ0n) is 15.1. The quantitative estimate of drug-likeness (QED) is 0.741. The number of unbranched alkanes of at least 4 members (excludes halogenated alkanes) is 2. The molecule has 0 aromatic heterocycles. The lowest BCUT2D eigenvalue weighted by Gasteiger charge is -2.40. The topological polar surface area (TPSA) is 53.0 Å². The van der Waals surface area contributed by atoms with E-state index < -0.39 is 12.0 Å². The van der Waals surface area contributed by atoms with Gasteiger partial charge in [0, 0.05) is 25.7 Å². The van der Waals surface area contributed by atoms with Crippen LogP contribution in [0.4, 0.5) is 0 Å². The summed E-state index contributed by atoms with van der Waals surface area (Å²) in [5, 5.41) is 9.71. The molecule has 1 aromatic carbocycles. The standard InChI is InChI=1S/C19H30N2O3/c1-4-5-6-13-24-17-9-7-16(8-10-17)18(19(22)23)21-12-11-20(3)15(2)14-21/h7-10,15,18H,4-6,11-14H2,1-3H3,(H,22,23). The molecule has 0 radical (unpaired) electrons. The number of hydrogen-bond donors (Lipinski definition) is 1. The van der Waals surface area contributed by atoms with Crippen LogP contribution in [0, 0.1) is 0 Å². The van der Waals surface area contributed by atoms with Crippen molar-refractivity contribution in [3.05, 3.63) is 29.8 Å². The van der Waals surface area contributed by atoms with Gasteiger partial charge < -0.3 is 14.7 Å². The van der Waals surface area contributed by atoms with Crippen molar-refractivity contribution >= 4 is 5.97 Å². The van der Waals surface area contributed by atoms with Crippen LogP contribution in [0.5, 0.6) is 5.75 Å². The first-order valence-electron chi connectivity index (χ1n) is 8.92. The minimum atomic E-state index is -0.789. The van der Waals surface area contributed by atoms with Crippen LogP contribution < -0.4 is 4.74 Å². The van der Waals surface area contributed by atoms with E-state index >= 15 is 0 Å². The molecule has 5 heteroatoms. The number of ether oxygens (including phenoxy) is 1. The van der Waals surface area contributed by atoms with Crippen LogP contribution in [0.15, 0.2) is 24.3 Å². The van der Waals surface area contributed by atoms with Gasteiger partial charge in [0.2, 0.25) is 0 Å². The number of rotatable bonds is 8. The van der Waals surface area contributed by atoms with Crippen LogP contribution in [0.25, 0.3) is 0 Å². The SMILES string of the molecule is CCCCCOc1ccc(C(C(=O)O)N2CCN(C)C(C)C2)cc1. The summed E-state index contributed by atoms with van der Waals surface area (Å²) < 4.78 is 5.71. The maximum absolute atomic E-state index is 11.8. The van der Waals surface area contributed by atoms with E-state index in [1.54, 1.807) is 0 Å². The molecule has 0 aliphatic carbocycles. The highest BCUT2D eigenvalue weighted by Gasteiger charge is 2.32. The van der Waals surface area contributed by atoms with Crippen molar-refractivity contribution in [2.24, 2.45) is 0 Å². The molecule has 5 nitrogen and oxygen atoms in total. The van der Waals surface area contributed by atoms with Crippen molar-refractivity contribution < 1.29 is 14.6 Å². The van der Waals surface area contributed by atoms with E-state index in [1.807, 2.05) is 24.3 Å². The Morgan fingerprint density at radius 1 is 1.29 bits per heavy atom. The highest BCUT2D eigenvalue weighted by molar-refractivity contribution is 5.75. The zero-order valence-corrected chi connectivity index (χ0v) is 15.1. The number of carboxylic acids is 1. The minimum absolute atomic E-state index is 0.363. The molecule has 2 rings (SSSR count). The van der Waals surface area contributed by atoms with Crippen molar-refractivity contribution in [3.8, 4) is 5.75 Å². The Balaban J connectivity index is 2.02. The van der Waals surface area contributed by atoms with E-state index in [2.05, 4.69) is 30.7 Å². The highest BCUT2D eigenvalue weighted by atomic mass is 16.5. The Morgan fingerprint density at radius 2 is 2.00 bits per heavy atom. The molecule has 24 heavy (non-hydrogen) atoms. The van der Waals surface area contributed by atoms with Crippen molar-refractivity contribution in [2.75, 3.05) is 33.3 Å². The fourth-order valence-electron chi connectivity index (χ4n) is 3.11. The Kier molecular flexibility index (Phi) is 7.06. The third-order valence-corrected chi connectivity index (χ3v) is 4.80. The molecule has 0 saturated carbocycles. The molecule has 0 bridgehead atoms. The maximum atomic E-state index is 11.8. The van der Waals surface area contributed by atoms with Crippen LogP contribution in [0.3, 0.4) is 0 Å². The molecule has 1 aromatic rings. The summed E-state index contributed by atoms with van der Waals surface area (Å²) in [6, 6.07) is 7.32. The molecule has 1 fully saturated rings. The molecular weight excluding hydrogens is 304 g/mol. The van der Waals surface area contributed by atoms with Crippen molar-refractivity contribution in [3.63, 3.8) is 0 Å².